The first kappa shape index (κ1) is 14.5. The molecule has 1 aromatic carbocycles. The van der Waals surface area contributed by atoms with Gasteiger partial charge in [0.25, 0.3) is 0 Å². The molecule has 2 N–H and O–H groups in total. The predicted octanol–water partition coefficient (Wildman–Crippen LogP) is 0.985. The average molecular weight is 272 g/mol. The highest BCUT2D eigenvalue weighted by molar-refractivity contribution is 5.92. The van der Waals surface area contributed by atoms with E-state index in [2.05, 4.69) is 21.6 Å². The van der Waals surface area contributed by atoms with Crippen molar-refractivity contribution in [1.82, 2.24) is 10.2 Å². The van der Waals surface area contributed by atoms with Gasteiger partial charge in [-0.1, -0.05) is 12.1 Å². The number of nitrogens with one attached hydrogen (secondary N) is 2. The van der Waals surface area contributed by atoms with E-state index in [1.165, 1.54) is 0 Å². The Bertz CT molecular complexity index is 486. The normalized spacial score (nSPS) is 17.9. The molecular weight excluding hydrogens is 252 g/mol. The van der Waals surface area contributed by atoms with Crippen LogP contribution in [-0.2, 0) is 11.2 Å². The fourth-order valence-corrected chi connectivity index (χ4v) is 2.37. The van der Waals surface area contributed by atoms with Crippen LogP contribution in [0.1, 0.15) is 12.0 Å². The van der Waals surface area contributed by atoms with E-state index in [1.807, 2.05) is 31.3 Å². The molecule has 1 aliphatic heterocycles. The van der Waals surface area contributed by atoms with Gasteiger partial charge >= 0.3 is 0 Å². The number of anilines is 1. The molecule has 0 radical (unpaired) electrons. The number of hydrogen-bond donors (Lipinski definition) is 2. The van der Waals surface area contributed by atoms with Crippen molar-refractivity contribution in [3.05, 3.63) is 29.8 Å². The third kappa shape index (κ3) is 4.05. The molecule has 0 bridgehead atoms. The zero-order chi connectivity index (χ0) is 14.4. The van der Waals surface area contributed by atoms with E-state index in [0.717, 1.165) is 30.8 Å². The zero-order valence-corrected chi connectivity index (χ0v) is 11.7. The van der Waals surface area contributed by atoms with Crippen LogP contribution in [0.5, 0.6) is 0 Å². The van der Waals surface area contributed by atoms with E-state index in [-0.39, 0.29) is 5.91 Å². The van der Waals surface area contributed by atoms with Gasteiger partial charge in [0, 0.05) is 18.3 Å². The number of rotatable bonds is 5. The maximum atomic E-state index is 12.0. The molecule has 1 fully saturated rings. The van der Waals surface area contributed by atoms with Gasteiger partial charge in [0.1, 0.15) is 0 Å². The summed E-state index contributed by atoms with van der Waals surface area (Å²) in [4.78, 5) is 14.0. The first-order valence-corrected chi connectivity index (χ1v) is 6.86. The van der Waals surface area contributed by atoms with Crippen LogP contribution < -0.4 is 10.6 Å². The molecule has 0 aliphatic carbocycles. The van der Waals surface area contributed by atoms with Gasteiger partial charge in [0.05, 0.1) is 19.0 Å². The third-order valence-electron chi connectivity index (χ3n) is 3.57. The van der Waals surface area contributed by atoms with Gasteiger partial charge in [-0.25, -0.2) is 0 Å². The van der Waals surface area contributed by atoms with Gasteiger partial charge in [-0.3, -0.25) is 9.69 Å². The lowest BCUT2D eigenvalue weighted by Crippen LogP contribution is -2.39. The molecule has 20 heavy (non-hydrogen) atoms. The second kappa shape index (κ2) is 7.04. The van der Waals surface area contributed by atoms with Crippen molar-refractivity contribution in [1.29, 1.82) is 5.26 Å². The Balaban J connectivity index is 1.83. The molecule has 2 rings (SSSR count). The third-order valence-corrected chi connectivity index (χ3v) is 3.57. The van der Waals surface area contributed by atoms with Crippen LogP contribution in [-0.4, -0.2) is 43.5 Å². The molecular formula is C15H20N4O. The topological polar surface area (TPSA) is 68.2 Å². The van der Waals surface area contributed by atoms with Crippen LogP contribution in [0, 0.1) is 11.3 Å². The Hall–Kier alpha value is -1.90. The van der Waals surface area contributed by atoms with Gasteiger partial charge in [0.2, 0.25) is 5.91 Å². The van der Waals surface area contributed by atoms with Gasteiger partial charge in [0.15, 0.2) is 0 Å². The number of likely N-dealkylation sites (N-methyl/N-ethyl adjacent to an activating group) is 1. The zero-order valence-electron chi connectivity index (χ0n) is 11.7. The summed E-state index contributed by atoms with van der Waals surface area (Å²) < 4.78 is 0. The van der Waals surface area contributed by atoms with Gasteiger partial charge in [-0.2, -0.15) is 5.26 Å². The number of nitriles is 1. The average Bonchev–Trinajstić information content (AvgIpc) is 2.95. The monoisotopic (exact) mass is 272 g/mol. The molecule has 1 unspecified atom stereocenters. The highest BCUT2D eigenvalue weighted by Crippen LogP contribution is 2.11. The van der Waals surface area contributed by atoms with Crippen molar-refractivity contribution >= 4 is 11.6 Å². The molecule has 1 aromatic rings. The molecule has 1 saturated heterocycles. The fourth-order valence-electron chi connectivity index (χ4n) is 2.37. The van der Waals surface area contributed by atoms with E-state index in [0.29, 0.717) is 19.0 Å². The maximum Gasteiger partial charge on any atom is 0.238 e. The standard InChI is InChI=1S/C15H20N4O/c1-19(14-7-9-17-10-14)11-15(20)18-13-4-2-12(3-5-13)6-8-16/h2-5,14,17H,6-7,9-11H2,1H3,(H,18,20). The first-order valence-electron chi connectivity index (χ1n) is 6.86. The quantitative estimate of drug-likeness (QED) is 0.838. The molecule has 1 aliphatic rings. The number of benzene rings is 1. The van der Waals surface area contributed by atoms with Crippen LogP contribution in [0.4, 0.5) is 5.69 Å². The summed E-state index contributed by atoms with van der Waals surface area (Å²) in [6.45, 7) is 2.37. The molecule has 0 aromatic heterocycles. The molecule has 106 valence electrons. The lowest BCUT2D eigenvalue weighted by molar-refractivity contribution is -0.117. The molecule has 1 atom stereocenters. The Labute approximate surface area is 119 Å². The first-order chi connectivity index (χ1) is 9.69. The fraction of sp³-hybridized carbons (Fsp3) is 0.467. The van der Waals surface area contributed by atoms with E-state index in [1.54, 1.807) is 0 Å². The molecule has 5 nitrogen and oxygen atoms in total. The molecule has 0 saturated carbocycles. The molecule has 1 amide bonds. The second-order valence-electron chi connectivity index (χ2n) is 5.14. The van der Waals surface area contributed by atoms with Crippen molar-refractivity contribution in [2.75, 3.05) is 32.0 Å². The van der Waals surface area contributed by atoms with Crippen molar-refractivity contribution in [2.24, 2.45) is 0 Å². The van der Waals surface area contributed by atoms with E-state index in [9.17, 15) is 4.79 Å². The number of hydrogen-bond acceptors (Lipinski definition) is 4. The van der Waals surface area contributed by atoms with Crippen molar-refractivity contribution < 1.29 is 4.79 Å². The SMILES string of the molecule is CN(CC(=O)Nc1ccc(CC#N)cc1)C1CCNC1. The summed E-state index contributed by atoms with van der Waals surface area (Å²) in [5, 5.41) is 14.8. The summed E-state index contributed by atoms with van der Waals surface area (Å²) in [5.41, 5.74) is 1.73. The largest absolute Gasteiger partial charge is 0.325 e. The minimum absolute atomic E-state index is 0.00701. The second-order valence-corrected chi connectivity index (χ2v) is 5.14. The molecule has 0 spiro atoms. The summed E-state index contributed by atoms with van der Waals surface area (Å²) in [7, 11) is 1.98. The smallest absolute Gasteiger partial charge is 0.238 e. The van der Waals surface area contributed by atoms with Gasteiger partial charge in [-0.05, 0) is 37.7 Å². The van der Waals surface area contributed by atoms with Crippen molar-refractivity contribution in [3.8, 4) is 6.07 Å². The summed E-state index contributed by atoms with van der Waals surface area (Å²) in [6, 6.07) is 9.94. The Morgan fingerprint density at radius 1 is 1.50 bits per heavy atom. The minimum Gasteiger partial charge on any atom is -0.325 e. The number of amides is 1. The lowest BCUT2D eigenvalue weighted by atomic mass is 10.1. The highest BCUT2D eigenvalue weighted by Gasteiger charge is 2.20. The highest BCUT2D eigenvalue weighted by atomic mass is 16.2. The Kier molecular flexibility index (Phi) is 5.10. The minimum atomic E-state index is -0.00701. The Morgan fingerprint density at radius 2 is 2.25 bits per heavy atom. The molecule has 1 heterocycles. The van der Waals surface area contributed by atoms with E-state index < -0.39 is 0 Å². The summed E-state index contributed by atoms with van der Waals surface area (Å²) >= 11 is 0. The maximum absolute atomic E-state index is 12.0. The van der Waals surface area contributed by atoms with Gasteiger partial charge < -0.3 is 10.6 Å². The van der Waals surface area contributed by atoms with Crippen LogP contribution >= 0.6 is 0 Å². The van der Waals surface area contributed by atoms with Crippen molar-refractivity contribution in [2.45, 2.75) is 18.9 Å². The van der Waals surface area contributed by atoms with Crippen LogP contribution in [0.2, 0.25) is 0 Å². The van der Waals surface area contributed by atoms with E-state index in [4.69, 9.17) is 5.26 Å². The van der Waals surface area contributed by atoms with Crippen molar-refractivity contribution in [3.63, 3.8) is 0 Å². The van der Waals surface area contributed by atoms with Crippen LogP contribution in [0.15, 0.2) is 24.3 Å². The Morgan fingerprint density at radius 3 is 2.85 bits per heavy atom. The van der Waals surface area contributed by atoms with Crippen LogP contribution in [0.3, 0.4) is 0 Å². The molecule has 5 heteroatoms. The summed E-state index contributed by atoms with van der Waals surface area (Å²) in [6.07, 6.45) is 1.48. The van der Waals surface area contributed by atoms with Gasteiger partial charge in [-0.15, -0.1) is 0 Å². The number of carbonyl (C=O) groups is 1. The number of carbonyl (C=O) groups excluding carboxylic acids is 1. The predicted molar refractivity (Wildman–Crippen MR) is 78.3 cm³/mol. The van der Waals surface area contributed by atoms with E-state index >= 15 is 0 Å². The van der Waals surface area contributed by atoms with Crippen LogP contribution in [0.25, 0.3) is 0 Å². The lowest BCUT2D eigenvalue weighted by Gasteiger charge is -2.22. The number of nitrogens with zero attached hydrogens (tertiary/aromatic N) is 2. The summed E-state index contributed by atoms with van der Waals surface area (Å²) in [5.74, 6) is -0.00701.